The first kappa shape index (κ1) is 25.0. The Bertz CT molecular complexity index is 1410. The van der Waals surface area contributed by atoms with E-state index in [2.05, 4.69) is 21.2 Å². The first-order valence-electron chi connectivity index (χ1n) is 10.0. The first-order chi connectivity index (χ1) is 16.2. The second-order valence-corrected chi connectivity index (χ2v) is 9.66. The van der Waals surface area contributed by atoms with Gasteiger partial charge in [0.25, 0.3) is 5.91 Å². The van der Waals surface area contributed by atoms with E-state index in [4.69, 9.17) is 8.92 Å². The number of ether oxygens (including phenoxy) is 1. The molecule has 34 heavy (non-hydrogen) atoms. The van der Waals surface area contributed by atoms with Gasteiger partial charge in [0.15, 0.2) is 11.5 Å². The molecular formula is C25H21BrN2O5S. The zero-order valence-corrected chi connectivity index (χ0v) is 21.0. The van der Waals surface area contributed by atoms with E-state index in [0.717, 1.165) is 11.1 Å². The Morgan fingerprint density at radius 3 is 2.44 bits per heavy atom. The molecule has 174 valence electrons. The van der Waals surface area contributed by atoms with Crippen molar-refractivity contribution >= 4 is 43.7 Å². The smallest absolute Gasteiger partial charge is 0.339 e. The van der Waals surface area contributed by atoms with Crippen molar-refractivity contribution in [3.8, 4) is 17.6 Å². The molecular weight excluding hydrogens is 520 g/mol. The van der Waals surface area contributed by atoms with Gasteiger partial charge in [0.1, 0.15) is 16.5 Å². The molecule has 0 spiro atoms. The zero-order valence-electron chi connectivity index (χ0n) is 18.6. The van der Waals surface area contributed by atoms with Crippen LogP contribution in [0.2, 0.25) is 0 Å². The summed E-state index contributed by atoms with van der Waals surface area (Å²) < 4.78 is 36.2. The van der Waals surface area contributed by atoms with Crippen LogP contribution in [0.25, 0.3) is 6.08 Å². The summed E-state index contributed by atoms with van der Waals surface area (Å²) in [7, 11) is -2.75. The van der Waals surface area contributed by atoms with Gasteiger partial charge in [-0.25, -0.2) is 0 Å². The van der Waals surface area contributed by atoms with Gasteiger partial charge in [-0.05, 0) is 82.9 Å². The number of halogens is 1. The molecule has 0 aliphatic carbocycles. The zero-order chi connectivity index (χ0) is 24.9. The second kappa shape index (κ2) is 10.5. The topological polar surface area (TPSA) is 105 Å². The Balaban J connectivity index is 1.92. The summed E-state index contributed by atoms with van der Waals surface area (Å²) in [5, 5.41) is 12.3. The summed E-state index contributed by atoms with van der Waals surface area (Å²) in [6, 6.07) is 18.1. The number of hydrogen-bond donors (Lipinski definition) is 1. The van der Waals surface area contributed by atoms with Crippen LogP contribution in [0.5, 0.6) is 11.5 Å². The number of carbonyl (C=O) groups excluding carboxylic acids is 1. The number of rotatable bonds is 7. The van der Waals surface area contributed by atoms with Crippen LogP contribution in [0.15, 0.2) is 75.6 Å². The molecule has 0 radical (unpaired) electrons. The molecule has 3 aromatic rings. The van der Waals surface area contributed by atoms with Crippen LogP contribution in [0.4, 0.5) is 5.69 Å². The van der Waals surface area contributed by atoms with Gasteiger partial charge in [0, 0.05) is 5.69 Å². The molecule has 0 saturated heterocycles. The third-order valence-corrected chi connectivity index (χ3v) is 6.83. The van der Waals surface area contributed by atoms with Crippen LogP contribution in [0, 0.1) is 25.2 Å². The molecule has 1 N–H and O–H groups in total. The Kier molecular flexibility index (Phi) is 7.76. The van der Waals surface area contributed by atoms with Gasteiger partial charge >= 0.3 is 10.1 Å². The number of benzene rings is 3. The van der Waals surface area contributed by atoms with Crippen molar-refractivity contribution in [1.82, 2.24) is 0 Å². The number of aryl methyl sites for hydroxylation is 1. The van der Waals surface area contributed by atoms with E-state index < -0.39 is 16.0 Å². The lowest BCUT2D eigenvalue weighted by atomic mass is 10.1. The highest BCUT2D eigenvalue weighted by molar-refractivity contribution is 9.10. The number of nitrogens with one attached hydrogen (secondary N) is 1. The third-order valence-electron chi connectivity index (χ3n) is 5.01. The molecule has 0 aliphatic rings. The fourth-order valence-electron chi connectivity index (χ4n) is 3.04. The predicted octanol–water partition coefficient (Wildman–Crippen LogP) is 5.39. The molecule has 0 atom stereocenters. The Morgan fingerprint density at radius 2 is 1.79 bits per heavy atom. The predicted molar refractivity (Wildman–Crippen MR) is 133 cm³/mol. The fourth-order valence-corrected chi connectivity index (χ4v) is 4.67. The number of carbonyl (C=O) groups is 1. The average Bonchev–Trinajstić information content (AvgIpc) is 2.82. The fraction of sp³-hybridized carbons (Fsp3) is 0.120. The van der Waals surface area contributed by atoms with Crippen molar-refractivity contribution in [3.05, 3.63) is 87.4 Å². The van der Waals surface area contributed by atoms with Gasteiger partial charge in [0.05, 0.1) is 11.6 Å². The molecule has 3 rings (SSSR count). The minimum Gasteiger partial charge on any atom is -0.493 e. The normalized spacial score (nSPS) is 11.4. The lowest BCUT2D eigenvalue weighted by Gasteiger charge is -2.14. The van der Waals surface area contributed by atoms with E-state index in [1.54, 1.807) is 24.3 Å². The third kappa shape index (κ3) is 5.65. The van der Waals surface area contributed by atoms with Crippen LogP contribution in [0.1, 0.15) is 16.7 Å². The van der Waals surface area contributed by atoms with E-state index in [1.165, 1.54) is 37.5 Å². The van der Waals surface area contributed by atoms with E-state index in [-0.39, 0.29) is 26.4 Å². The second-order valence-electron chi connectivity index (χ2n) is 7.26. The summed E-state index contributed by atoms with van der Waals surface area (Å²) in [6.07, 6.45) is 1.38. The highest BCUT2D eigenvalue weighted by Crippen LogP contribution is 2.39. The molecule has 0 unspecified atom stereocenters. The van der Waals surface area contributed by atoms with Gasteiger partial charge in [-0.2, -0.15) is 13.7 Å². The highest BCUT2D eigenvalue weighted by Gasteiger charge is 2.22. The molecule has 0 aliphatic heterocycles. The van der Waals surface area contributed by atoms with Crippen molar-refractivity contribution < 1.29 is 22.1 Å². The number of nitriles is 1. The van der Waals surface area contributed by atoms with E-state index in [9.17, 15) is 18.5 Å². The molecule has 1 amide bonds. The highest BCUT2D eigenvalue weighted by atomic mass is 79.9. The van der Waals surface area contributed by atoms with Crippen LogP contribution in [-0.2, 0) is 14.9 Å². The van der Waals surface area contributed by atoms with Crippen LogP contribution >= 0.6 is 15.9 Å². The van der Waals surface area contributed by atoms with Gasteiger partial charge in [-0.1, -0.05) is 30.3 Å². The van der Waals surface area contributed by atoms with Crippen molar-refractivity contribution in [1.29, 1.82) is 5.26 Å². The van der Waals surface area contributed by atoms with E-state index >= 15 is 0 Å². The molecule has 0 aromatic heterocycles. The molecule has 0 bridgehead atoms. The van der Waals surface area contributed by atoms with Gasteiger partial charge in [0.2, 0.25) is 0 Å². The maximum Gasteiger partial charge on any atom is 0.339 e. The SMILES string of the molecule is COc1cc(/C=C(\C#N)C(=O)Nc2cccc(C)c2C)cc(Br)c1OS(=O)(=O)c1ccccc1. The number of methoxy groups -OCH3 is 1. The standard InChI is InChI=1S/C25H21BrN2O5S/c1-16-8-7-11-22(17(16)2)28-25(29)19(15-27)12-18-13-21(26)24(23(14-18)32-3)33-34(30,31)20-9-5-4-6-10-20/h4-14H,1-3H3,(H,28,29)/b19-12+. The largest absolute Gasteiger partial charge is 0.493 e. The van der Waals surface area contributed by atoms with Crippen LogP contribution < -0.4 is 14.2 Å². The lowest BCUT2D eigenvalue weighted by Crippen LogP contribution is -2.14. The first-order valence-corrected chi connectivity index (χ1v) is 12.2. The maximum atomic E-state index is 12.7. The number of anilines is 1. The molecule has 0 saturated carbocycles. The van der Waals surface area contributed by atoms with Crippen molar-refractivity contribution in [3.63, 3.8) is 0 Å². The molecule has 7 nitrogen and oxygen atoms in total. The quantitative estimate of drug-likeness (QED) is 0.244. The monoisotopic (exact) mass is 540 g/mol. The number of hydrogen-bond acceptors (Lipinski definition) is 6. The Hall–Kier alpha value is -3.61. The van der Waals surface area contributed by atoms with Gasteiger partial charge < -0.3 is 14.2 Å². The summed E-state index contributed by atoms with van der Waals surface area (Å²) >= 11 is 3.30. The number of amides is 1. The van der Waals surface area contributed by atoms with Gasteiger partial charge in [-0.3, -0.25) is 4.79 Å². The summed E-state index contributed by atoms with van der Waals surface area (Å²) in [4.78, 5) is 12.7. The van der Waals surface area contributed by atoms with Crippen LogP contribution in [-0.4, -0.2) is 21.4 Å². The van der Waals surface area contributed by atoms with Crippen molar-refractivity contribution in [2.75, 3.05) is 12.4 Å². The molecule has 3 aromatic carbocycles. The Labute approximate surface area is 206 Å². The minimum absolute atomic E-state index is 0.0113. The summed E-state index contributed by atoms with van der Waals surface area (Å²) in [6.45, 7) is 3.81. The summed E-state index contributed by atoms with van der Waals surface area (Å²) in [5.74, 6) is -0.521. The lowest BCUT2D eigenvalue weighted by molar-refractivity contribution is -0.112. The maximum absolute atomic E-state index is 12.7. The van der Waals surface area contributed by atoms with Gasteiger partial charge in [-0.15, -0.1) is 0 Å². The Morgan fingerprint density at radius 1 is 1.09 bits per heavy atom. The molecule has 9 heteroatoms. The van der Waals surface area contributed by atoms with Crippen molar-refractivity contribution in [2.45, 2.75) is 18.7 Å². The van der Waals surface area contributed by atoms with Crippen molar-refractivity contribution in [2.24, 2.45) is 0 Å². The average molecular weight is 541 g/mol. The minimum atomic E-state index is -4.11. The summed E-state index contributed by atoms with van der Waals surface area (Å²) in [5.41, 5.74) is 2.81. The number of nitrogens with zero attached hydrogens (tertiary/aromatic N) is 1. The molecule has 0 heterocycles. The van der Waals surface area contributed by atoms with Crippen LogP contribution in [0.3, 0.4) is 0 Å². The molecule has 0 fully saturated rings. The van der Waals surface area contributed by atoms with E-state index in [1.807, 2.05) is 32.0 Å². The van der Waals surface area contributed by atoms with E-state index in [0.29, 0.717) is 11.3 Å².